The summed E-state index contributed by atoms with van der Waals surface area (Å²) in [7, 11) is 0. The van der Waals surface area contributed by atoms with Crippen LogP contribution in [-0.2, 0) is 6.54 Å². The van der Waals surface area contributed by atoms with Crippen molar-refractivity contribution in [3.8, 4) is 22.9 Å². The molecule has 0 saturated carbocycles. The predicted molar refractivity (Wildman–Crippen MR) is 87.4 cm³/mol. The van der Waals surface area contributed by atoms with E-state index in [1.165, 1.54) is 0 Å². The molecule has 23 heavy (non-hydrogen) atoms. The van der Waals surface area contributed by atoms with Gasteiger partial charge in [-0.25, -0.2) is 4.68 Å². The smallest absolute Gasteiger partial charge is 0.154 e. The molecule has 3 rings (SSSR count). The van der Waals surface area contributed by atoms with Gasteiger partial charge in [0.2, 0.25) is 0 Å². The third-order valence-electron chi connectivity index (χ3n) is 3.54. The van der Waals surface area contributed by atoms with Gasteiger partial charge in [-0.3, -0.25) is 0 Å². The Balaban J connectivity index is 1.89. The van der Waals surface area contributed by atoms with Crippen molar-refractivity contribution < 1.29 is 9.15 Å². The van der Waals surface area contributed by atoms with Crippen LogP contribution < -0.4 is 10.5 Å². The molecule has 2 heterocycles. The Morgan fingerprint density at radius 2 is 2.04 bits per heavy atom. The van der Waals surface area contributed by atoms with Gasteiger partial charge < -0.3 is 14.9 Å². The first kappa shape index (κ1) is 15.3. The number of nitrogens with two attached hydrogens (primary N) is 1. The molecule has 2 aromatic heterocycles. The Morgan fingerprint density at radius 3 is 2.70 bits per heavy atom. The van der Waals surface area contributed by atoms with E-state index in [9.17, 15) is 0 Å². The molecule has 120 valence electrons. The third kappa shape index (κ3) is 3.27. The largest absolute Gasteiger partial charge is 0.494 e. The summed E-state index contributed by atoms with van der Waals surface area (Å²) < 4.78 is 12.9. The van der Waals surface area contributed by atoms with Crippen molar-refractivity contribution in [3.05, 3.63) is 48.4 Å². The highest BCUT2D eigenvalue weighted by Gasteiger charge is 2.17. The van der Waals surface area contributed by atoms with Crippen LogP contribution >= 0.6 is 0 Å². The molecule has 0 spiro atoms. The van der Waals surface area contributed by atoms with Crippen molar-refractivity contribution >= 4 is 0 Å². The second kappa shape index (κ2) is 7.11. The average molecular weight is 312 g/mol. The number of hydrogen-bond acceptors (Lipinski definition) is 5. The molecular weight excluding hydrogens is 292 g/mol. The quantitative estimate of drug-likeness (QED) is 0.678. The minimum absolute atomic E-state index is 0.300. The van der Waals surface area contributed by atoms with E-state index in [4.69, 9.17) is 14.9 Å². The minimum Gasteiger partial charge on any atom is -0.494 e. The minimum atomic E-state index is 0.300. The third-order valence-corrected chi connectivity index (χ3v) is 3.54. The van der Waals surface area contributed by atoms with E-state index in [2.05, 4.69) is 17.2 Å². The van der Waals surface area contributed by atoms with Gasteiger partial charge in [0.15, 0.2) is 5.76 Å². The highest BCUT2D eigenvalue weighted by molar-refractivity contribution is 5.58. The van der Waals surface area contributed by atoms with Gasteiger partial charge in [0, 0.05) is 6.54 Å². The van der Waals surface area contributed by atoms with Gasteiger partial charge >= 0.3 is 0 Å². The standard InChI is InChI=1S/C17H20N4O2/c1-2-3-10-22-14-8-6-13(7-9-14)21-17(15(12-18)19-20-21)16-5-4-11-23-16/h4-9,11H,2-3,10,12,18H2,1H3. The first-order valence-corrected chi connectivity index (χ1v) is 7.75. The first-order chi connectivity index (χ1) is 11.3. The van der Waals surface area contributed by atoms with Crippen molar-refractivity contribution in [2.45, 2.75) is 26.3 Å². The molecule has 0 radical (unpaired) electrons. The molecule has 0 aliphatic carbocycles. The van der Waals surface area contributed by atoms with E-state index < -0.39 is 0 Å². The van der Waals surface area contributed by atoms with Crippen molar-refractivity contribution in [1.29, 1.82) is 0 Å². The molecule has 0 amide bonds. The van der Waals surface area contributed by atoms with Gasteiger partial charge in [0.1, 0.15) is 17.1 Å². The summed E-state index contributed by atoms with van der Waals surface area (Å²) in [4.78, 5) is 0. The number of nitrogens with zero attached hydrogens (tertiary/aromatic N) is 3. The summed E-state index contributed by atoms with van der Waals surface area (Å²) in [6.07, 6.45) is 3.79. The normalized spacial score (nSPS) is 10.9. The number of benzene rings is 1. The summed E-state index contributed by atoms with van der Waals surface area (Å²) in [6.45, 7) is 3.17. The van der Waals surface area contributed by atoms with Crippen LogP contribution in [0.15, 0.2) is 47.1 Å². The lowest BCUT2D eigenvalue weighted by atomic mass is 10.2. The summed E-state index contributed by atoms with van der Waals surface area (Å²) >= 11 is 0. The van der Waals surface area contributed by atoms with E-state index >= 15 is 0 Å². The maximum atomic E-state index is 5.76. The van der Waals surface area contributed by atoms with Crippen LogP contribution in [0.1, 0.15) is 25.5 Å². The second-order valence-corrected chi connectivity index (χ2v) is 5.17. The zero-order valence-electron chi connectivity index (χ0n) is 13.1. The van der Waals surface area contributed by atoms with Crippen LogP contribution in [0.4, 0.5) is 0 Å². The molecule has 1 aromatic carbocycles. The van der Waals surface area contributed by atoms with Crippen molar-refractivity contribution in [2.75, 3.05) is 6.61 Å². The molecule has 0 unspecified atom stereocenters. The lowest BCUT2D eigenvalue weighted by molar-refractivity contribution is 0.309. The zero-order chi connectivity index (χ0) is 16.1. The Hall–Kier alpha value is -2.60. The number of furan rings is 1. The number of unbranched alkanes of at least 4 members (excludes halogenated alkanes) is 1. The highest BCUT2D eigenvalue weighted by atomic mass is 16.5. The maximum Gasteiger partial charge on any atom is 0.154 e. The van der Waals surface area contributed by atoms with E-state index in [-0.39, 0.29) is 0 Å². The van der Waals surface area contributed by atoms with Crippen LogP contribution in [0.3, 0.4) is 0 Å². The van der Waals surface area contributed by atoms with Crippen LogP contribution in [0.2, 0.25) is 0 Å². The lowest BCUT2D eigenvalue weighted by Gasteiger charge is -2.08. The first-order valence-electron chi connectivity index (χ1n) is 7.75. The van der Waals surface area contributed by atoms with Crippen molar-refractivity contribution in [2.24, 2.45) is 5.73 Å². The fraction of sp³-hybridized carbons (Fsp3) is 0.294. The Bertz CT molecular complexity index is 733. The van der Waals surface area contributed by atoms with E-state index in [0.717, 1.165) is 36.6 Å². The van der Waals surface area contributed by atoms with E-state index in [0.29, 0.717) is 18.0 Å². The van der Waals surface area contributed by atoms with Gasteiger partial charge in [-0.1, -0.05) is 18.6 Å². The van der Waals surface area contributed by atoms with Gasteiger partial charge in [-0.05, 0) is 42.8 Å². The fourth-order valence-corrected chi connectivity index (χ4v) is 2.31. The molecule has 0 fully saturated rings. The number of hydrogen-bond donors (Lipinski definition) is 1. The van der Waals surface area contributed by atoms with E-state index in [1.807, 2.05) is 36.4 Å². The van der Waals surface area contributed by atoms with E-state index in [1.54, 1.807) is 10.9 Å². The number of ether oxygens (including phenoxy) is 1. The Labute approximate surface area is 134 Å². The van der Waals surface area contributed by atoms with Crippen LogP contribution in [-0.4, -0.2) is 21.6 Å². The summed E-state index contributed by atoms with van der Waals surface area (Å²) in [5, 5.41) is 8.35. The average Bonchev–Trinajstić information content (AvgIpc) is 3.24. The number of aromatic nitrogens is 3. The molecule has 6 heteroatoms. The van der Waals surface area contributed by atoms with Crippen molar-refractivity contribution in [3.63, 3.8) is 0 Å². The lowest BCUT2D eigenvalue weighted by Crippen LogP contribution is -2.02. The van der Waals surface area contributed by atoms with Gasteiger partial charge in [-0.15, -0.1) is 5.10 Å². The van der Waals surface area contributed by atoms with Gasteiger partial charge in [-0.2, -0.15) is 0 Å². The van der Waals surface area contributed by atoms with Crippen LogP contribution in [0.25, 0.3) is 17.1 Å². The number of rotatable bonds is 7. The molecule has 6 nitrogen and oxygen atoms in total. The van der Waals surface area contributed by atoms with Crippen molar-refractivity contribution in [1.82, 2.24) is 15.0 Å². The van der Waals surface area contributed by atoms with Crippen LogP contribution in [0, 0.1) is 0 Å². The molecule has 0 aliphatic rings. The highest BCUT2D eigenvalue weighted by Crippen LogP contribution is 2.26. The van der Waals surface area contributed by atoms with Crippen LogP contribution in [0.5, 0.6) is 5.75 Å². The Morgan fingerprint density at radius 1 is 1.22 bits per heavy atom. The molecular formula is C17H20N4O2. The molecule has 2 N–H and O–H groups in total. The molecule has 3 aromatic rings. The topological polar surface area (TPSA) is 79.1 Å². The summed E-state index contributed by atoms with van der Waals surface area (Å²) in [5.74, 6) is 1.54. The zero-order valence-corrected chi connectivity index (χ0v) is 13.1. The monoisotopic (exact) mass is 312 g/mol. The fourth-order valence-electron chi connectivity index (χ4n) is 2.31. The van der Waals surface area contributed by atoms with Gasteiger partial charge in [0.05, 0.1) is 18.6 Å². The predicted octanol–water partition coefficient (Wildman–Crippen LogP) is 3.16. The summed E-state index contributed by atoms with van der Waals surface area (Å²) in [5.41, 5.74) is 8.12. The summed E-state index contributed by atoms with van der Waals surface area (Å²) in [6, 6.07) is 11.5. The SMILES string of the molecule is CCCCOc1ccc(-n2nnc(CN)c2-c2ccco2)cc1. The molecule has 0 aliphatic heterocycles. The molecule has 0 bridgehead atoms. The second-order valence-electron chi connectivity index (χ2n) is 5.17. The molecule has 0 atom stereocenters. The maximum absolute atomic E-state index is 5.76. The van der Waals surface area contributed by atoms with Gasteiger partial charge in [0.25, 0.3) is 0 Å². The molecule has 0 saturated heterocycles. The Kier molecular flexibility index (Phi) is 4.73.